The second-order valence-electron chi connectivity index (χ2n) is 9.34. The third-order valence-electron chi connectivity index (χ3n) is 4.96. The maximum Gasteiger partial charge on any atom is 0.407 e. The Kier molecular flexibility index (Phi) is 18.4. The lowest BCUT2D eigenvalue weighted by molar-refractivity contribution is -0.929. The molecule has 7 nitrogen and oxygen atoms in total. The zero-order chi connectivity index (χ0) is 24.4. The summed E-state index contributed by atoms with van der Waals surface area (Å²) in [6.45, 7) is 19.8. The van der Waals surface area contributed by atoms with Crippen LogP contribution in [0, 0.1) is 0 Å². The standard InChI is InChI=1S/C16H36N.C7H15NO5S/c1-5-9-13-17(14-10-6-2,15-11-7-3)16-12-8-4;1-7(2,3)13-6(9)8-4-5-14(10,11)12/h5-16H2,1-4H3;4-5H2,1-3H3,(H,8,9)(H,10,11,12)/q+1;/p-1. The fourth-order valence-electron chi connectivity index (χ4n) is 3.24. The molecule has 0 heterocycles. The van der Waals surface area contributed by atoms with Crippen LogP contribution in [0.5, 0.6) is 0 Å². The fourth-order valence-corrected chi connectivity index (χ4v) is 3.59. The van der Waals surface area contributed by atoms with E-state index in [1.807, 2.05) is 0 Å². The highest BCUT2D eigenvalue weighted by Gasteiger charge is 2.24. The molecule has 0 spiro atoms. The van der Waals surface area contributed by atoms with Gasteiger partial charge in [-0.05, 0) is 46.5 Å². The van der Waals surface area contributed by atoms with E-state index in [-0.39, 0.29) is 6.54 Å². The highest BCUT2D eigenvalue weighted by molar-refractivity contribution is 7.85. The summed E-state index contributed by atoms with van der Waals surface area (Å²) in [7, 11) is -4.28. The lowest BCUT2D eigenvalue weighted by Gasteiger charge is -2.39. The number of carbonyl (C=O) groups is 1. The predicted octanol–water partition coefficient (Wildman–Crippen LogP) is 5.06. The lowest BCUT2D eigenvalue weighted by Crippen LogP contribution is -2.50. The summed E-state index contributed by atoms with van der Waals surface area (Å²) in [4.78, 5) is 10.9. The molecule has 0 atom stereocenters. The average Bonchev–Trinajstić information content (AvgIpc) is 2.65. The smallest absolute Gasteiger partial charge is 0.407 e. The Morgan fingerprint density at radius 3 is 1.45 bits per heavy atom. The number of quaternary nitrogens is 1. The summed E-state index contributed by atoms with van der Waals surface area (Å²) < 4.78 is 36.7. The van der Waals surface area contributed by atoms with Crippen molar-refractivity contribution in [3.8, 4) is 0 Å². The van der Waals surface area contributed by atoms with Crippen molar-refractivity contribution in [1.82, 2.24) is 5.32 Å². The van der Waals surface area contributed by atoms with Crippen molar-refractivity contribution in [1.29, 1.82) is 0 Å². The van der Waals surface area contributed by atoms with E-state index in [4.69, 9.17) is 4.74 Å². The third kappa shape index (κ3) is 22.1. The van der Waals surface area contributed by atoms with Crippen LogP contribution < -0.4 is 5.32 Å². The van der Waals surface area contributed by atoms with Gasteiger partial charge in [-0.2, -0.15) is 0 Å². The van der Waals surface area contributed by atoms with Gasteiger partial charge >= 0.3 is 6.09 Å². The van der Waals surface area contributed by atoms with Gasteiger partial charge in [-0.15, -0.1) is 0 Å². The van der Waals surface area contributed by atoms with Gasteiger partial charge in [0.05, 0.1) is 42.1 Å². The first-order valence-electron chi connectivity index (χ1n) is 12.1. The summed E-state index contributed by atoms with van der Waals surface area (Å²) in [6, 6.07) is 0. The lowest BCUT2D eigenvalue weighted by atomic mass is 10.1. The SMILES string of the molecule is CC(C)(C)OC(=O)NCCS(=O)(=O)[O-].CCCC[N+](CCCC)(CCCC)CCCC. The Morgan fingerprint density at radius 1 is 0.839 bits per heavy atom. The highest BCUT2D eigenvalue weighted by Crippen LogP contribution is 2.16. The molecule has 1 amide bonds. The van der Waals surface area contributed by atoms with Crippen molar-refractivity contribution >= 4 is 16.2 Å². The second-order valence-corrected chi connectivity index (χ2v) is 10.9. The van der Waals surface area contributed by atoms with E-state index in [2.05, 4.69) is 33.0 Å². The van der Waals surface area contributed by atoms with Gasteiger partial charge in [-0.3, -0.25) is 0 Å². The maximum atomic E-state index is 10.9. The molecule has 0 aliphatic carbocycles. The Hall–Kier alpha value is -0.860. The molecule has 1 N–H and O–H groups in total. The molecule has 0 aromatic rings. The normalized spacial score (nSPS) is 12.1. The van der Waals surface area contributed by atoms with Crippen LogP contribution in [0.1, 0.15) is 99.8 Å². The minimum absolute atomic E-state index is 0.235. The van der Waals surface area contributed by atoms with E-state index in [0.29, 0.717) is 0 Å². The van der Waals surface area contributed by atoms with Gasteiger partial charge in [0.15, 0.2) is 0 Å². The molecule has 0 rings (SSSR count). The summed E-state index contributed by atoms with van der Waals surface area (Å²) in [5, 5.41) is 2.16. The van der Waals surface area contributed by atoms with Crippen LogP contribution in [0.25, 0.3) is 0 Å². The number of amides is 1. The number of carbonyl (C=O) groups excluding carboxylic acids is 1. The highest BCUT2D eigenvalue weighted by atomic mass is 32.2. The van der Waals surface area contributed by atoms with E-state index in [1.165, 1.54) is 82.0 Å². The molecule has 0 aromatic heterocycles. The van der Waals surface area contributed by atoms with Crippen molar-refractivity contribution in [2.24, 2.45) is 0 Å². The van der Waals surface area contributed by atoms with Gasteiger partial charge in [0.1, 0.15) is 5.60 Å². The number of hydrogen-bond donors (Lipinski definition) is 1. The summed E-state index contributed by atoms with van der Waals surface area (Å²) in [5.74, 6) is -0.633. The first-order valence-corrected chi connectivity index (χ1v) is 13.7. The van der Waals surface area contributed by atoms with Gasteiger partial charge in [0, 0.05) is 6.54 Å². The predicted molar refractivity (Wildman–Crippen MR) is 128 cm³/mol. The van der Waals surface area contributed by atoms with Crippen LogP contribution in [-0.2, 0) is 14.9 Å². The Bertz CT molecular complexity index is 507. The summed E-state index contributed by atoms with van der Waals surface area (Å²) in [5.41, 5.74) is -0.638. The molecule has 0 saturated carbocycles. The molecule has 0 fully saturated rings. The molecular weight excluding hydrogens is 416 g/mol. The van der Waals surface area contributed by atoms with Gasteiger partial charge < -0.3 is 19.1 Å². The van der Waals surface area contributed by atoms with Crippen LogP contribution in [-0.4, -0.2) is 67.6 Å². The number of alkyl carbamates (subject to hydrolysis) is 1. The van der Waals surface area contributed by atoms with Crippen molar-refractivity contribution in [2.75, 3.05) is 38.5 Å². The fraction of sp³-hybridized carbons (Fsp3) is 0.957. The number of ether oxygens (including phenoxy) is 1. The van der Waals surface area contributed by atoms with Gasteiger partial charge in [0.2, 0.25) is 0 Å². The van der Waals surface area contributed by atoms with Crippen molar-refractivity contribution in [2.45, 2.75) is 105 Å². The molecule has 0 unspecified atom stereocenters. The molecule has 0 aliphatic rings. The topological polar surface area (TPSA) is 95.5 Å². The van der Waals surface area contributed by atoms with Crippen molar-refractivity contribution in [3.05, 3.63) is 0 Å². The number of unbranched alkanes of at least 4 members (excludes halogenated alkanes) is 4. The second kappa shape index (κ2) is 17.7. The minimum Gasteiger partial charge on any atom is -0.748 e. The van der Waals surface area contributed by atoms with Gasteiger partial charge in [0.25, 0.3) is 0 Å². The average molecular weight is 467 g/mol. The molecule has 0 aliphatic heterocycles. The quantitative estimate of drug-likeness (QED) is 0.269. The molecular formula is C23H50N2O5S. The minimum atomic E-state index is -4.28. The van der Waals surface area contributed by atoms with Crippen LogP contribution in [0.15, 0.2) is 0 Å². The largest absolute Gasteiger partial charge is 0.748 e. The number of hydrogen-bond acceptors (Lipinski definition) is 5. The Morgan fingerprint density at radius 2 is 1.19 bits per heavy atom. The van der Waals surface area contributed by atoms with E-state index >= 15 is 0 Å². The van der Waals surface area contributed by atoms with Gasteiger partial charge in [-0.25, -0.2) is 13.2 Å². The van der Waals surface area contributed by atoms with E-state index < -0.39 is 27.6 Å². The van der Waals surface area contributed by atoms with E-state index in [0.717, 1.165) is 0 Å². The van der Waals surface area contributed by atoms with E-state index in [1.54, 1.807) is 20.8 Å². The zero-order valence-corrected chi connectivity index (χ0v) is 22.1. The molecule has 0 radical (unpaired) electrons. The Balaban J connectivity index is 0. The van der Waals surface area contributed by atoms with Crippen LogP contribution in [0.3, 0.4) is 0 Å². The molecule has 31 heavy (non-hydrogen) atoms. The molecule has 0 aromatic carbocycles. The van der Waals surface area contributed by atoms with Gasteiger partial charge in [-0.1, -0.05) is 53.4 Å². The maximum absolute atomic E-state index is 10.9. The monoisotopic (exact) mass is 466 g/mol. The first-order chi connectivity index (χ1) is 14.3. The van der Waals surface area contributed by atoms with Crippen molar-refractivity contribution in [3.63, 3.8) is 0 Å². The first kappa shape index (κ1) is 32.3. The molecule has 8 heteroatoms. The van der Waals surface area contributed by atoms with Crippen LogP contribution in [0.4, 0.5) is 4.79 Å². The molecule has 0 saturated heterocycles. The summed E-state index contributed by atoms with van der Waals surface area (Å²) in [6.07, 6.45) is 10.3. The van der Waals surface area contributed by atoms with Crippen LogP contribution in [0.2, 0.25) is 0 Å². The molecule has 0 bridgehead atoms. The van der Waals surface area contributed by atoms with E-state index in [9.17, 15) is 17.8 Å². The number of rotatable bonds is 15. The number of nitrogens with one attached hydrogen (secondary N) is 1. The zero-order valence-electron chi connectivity index (χ0n) is 21.3. The summed E-state index contributed by atoms with van der Waals surface area (Å²) >= 11 is 0. The van der Waals surface area contributed by atoms with Crippen LogP contribution >= 0.6 is 0 Å². The third-order valence-corrected chi connectivity index (χ3v) is 5.67. The molecule has 188 valence electrons. The van der Waals surface area contributed by atoms with Crippen molar-refractivity contribution < 1.29 is 27.0 Å². The number of nitrogens with zero attached hydrogens (tertiary/aromatic N) is 1. The Labute approximate surface area is 192 Å².